The molecule has 2 aromatic rings. The molecule has 1 aromatic carbocycles. The molecule has 0 amide bonds. The summed E-state index contributed by atoms with van der Waals surface area (Å²) < 4.78 is 5.90. The van der Waals surface area contributed by atoms with Gasteiger partial charge in [-0.1, -0.05) is 6.07 Å². The lowest BCUT2D eigenvalue weighted by atomic mass is 10.1. The van der Waals surface area contributed by atoms with Crippen LogP contribution in [0.2, 0.25) is 0 Å². The molecule has 0 aliphatic heterocycles. The summed E-state index contributed by atoms with van der Waals surface area (Å²) in [4.78, 5) is 12.9. The molecule has 100 valence electrons. The first-order chi connectivity index (χ1) is 9.17. The highest BCUT2D eigenvalue weighted by Crippen LogP contribution is 2.30. The number of esters is 1. The van der Waals surface area contributed by atoms with Crippen LogP contribution in [-0.4, -0.2) is 34.2 Å². The Morgan fingerprint density at radius 2 is 2.26 bits per heavy atom. The number of halogens is 1. The van der Waals surface area contributed by atoms with Gasteiger partial charge >= 0.3 is 5.97 Å². The maximum absolute atomic E-state index is 11.7. The standard InChI is InChI=1S/C12H12BrN3O2S/c1-3-18-12(17)11-10(14-16-15-11)7-4-5-9(19-2)8(13)6-7/h4-6H,3H2,1-2H3,(H,14,15,16). The molecule has 5 nitrogen and oxygen atoms in total. The summed E-state index contributed by atoms with van der Waals surface area (Å²) in [6, 6.07) is 5.78. The lowest BCUT2D eigenvalue weighted by Crippen LogP contribution is -2.06. The number of aromatic amines is 1. The van der Waals surface area contributed by atoms with E-state index < -0.39 is 5.97 Å². The third kappa shape index (κ3) is 2.98. The van der Waals surface area contributed by atoms with Gasteiger partial charge in [0.05, 0.1) is 6.61 Å². The van der Waals surface area contributed by atoms with Crippen LogP contribution in [0, 0.1) is 0 Å². The van der Waals surface area contributed by atoms with E-state index in [-0.39, 0.29) is 5.69 Å². The lowest BCUT2D eigenvalue weighted by Gasteiger charge is -2.04. The van der Waals surface area contributed by atoms with E-state index in [0.717, 1.165) is 14.9 Å². The first kappa shape index (κ1) is 14.1. The van der Waals surface area contributed by atoms with Crippen molar-refractivity contribution in [1.82, 2.24) is 15.4 Å². The van der Waals surface area contributed by atoms with Crippen molar-refractivity contribution in [2.75, 3.05) is 12.9 Å². The molecule has 0 aliphatic carbocycles. The van der Waals surface area contributed by atoms with Gasteiger partial charge in [-0.05, 0) is 41.2 Å². The summed E-state index contributed by atoms with van der Waals surface area (Å²) in [5, 5.41) is 10.3. The van der Waals surface area contributed by atoms with Crippen LogP contribution in [0.25, 0.3) is 11.3 Å². The van der Waals surface area contributed by atoms with Gasteiger partial charge in [0.15, 0.2) is 5.69 Å². The Morgan fingerprint density at radius 1 is 1.47 bits per heavy atom. The lowest BCUT2D eigenvalue weighted by molar-refractivity contribution is 0.0520. The third-order valence-electron chi connectivity index (χ3n) is 2.44. The Labute approximate surface area is 123 Å². The van der Waals surface area contributed by atoms with E-state index in [2.05, 4.69) is 31.3 Å². The minimum Gasteiger partial charge on any atom is -0.461 e. The molecule has 0 radical (unpaired) electrons. The number of hydrogen-bond acceptors (Lipinski definition) is 5. The van der Waals surface area contributed by atoms with E-state index in [9.17, 15) is 4.79 Å². The third-order valence-corrected chi connectivity index (χ3v) is 4.16. The van der Waals surface area contributed by atoms with Crippen LogP contribution < -0.4 is 0 Å². The quantitative estimate of drug-likeness (QED) is 0.683. The predicted molar refractivity (Wildman–Crippen MR) is 77.3 cm³/mol. The molecule has 0 unspecified atom stereocenters. The molecule has 0 fully saturated rings. The highest BCUT2D eigenvalue weighted by molar-refractivity contribution is 9.10. The normalized spacial score (nSPS) is 10.5. The van der Waals surface area contributed by atoms with E-state index in [1.165, 1.54) is 0 Å². The second-order valence-electron chi connectivity index (χ2n) is 3.59. The second kappa shape index (κ2) is 6.21. The first-order valence-corrected chi connectivity index (χ1v) is 7.61. The topological polar surface area (TPSA) is 67.9 Å². The summed E-state index contributed by atoms with van der Waals surface area (Å²) in [6.07, 6.45) is 2.00. The molecule has 0 saturated carbocycles. The minimum atomic E-state index is -0.476. The largest absolute Gasteiger partial charge is 0.461 e. The van der Waals surface area contributed by atoms with Crippen LogP contribution in [0.1, 0.15) is 17.4 Å². The number of H-pyrrole nitrogens is 1. The Balaban J connectivity index is 2.40. The number of aromatic nitrogens is 3. The van der Waals surface area contributed by atoms with E-state index in [1.54, 1.807) is 18.7 Å². The van der Waals surface area contributed by atoms with Crippen LogP contribution >= 0.6 is 27.7 Å². The Kier molecular flexibility index (Phi) is 4.60. The summed E-state index contributed by atoms with van der Waals surface area (Å²) in [5.74, 6) is -0.476. The van der Waals surface area contributed by atoms with Gasteiger partial charge in [-0.15, -0.1) is 16.9 Å². The average molecular weight is 342 g/mol. The summed E-state index contributed by atoms with van der Waals surface area (Å²) >= 11 is 5.13. The van der Waals surface area contributed by atoms with Crippen molar-refractivity contribution in [1.29, 1.82) is 0 Å². The summed E-state index contributed by atoms with van der Waals surface area (Å²) in [5.41, 5.74) is 1.50. The molecule has 1 aromatic heterocycles. The van der Waals surface area contributed by atoms with Crippen molar-refractivity contribution in [3.8, 4) is 11.3 Å². The molecule has 0 saturated heterocycles. The molecule has 7 heteroatoms. The molecule has 0 spiro atoms. The van der Waals surface area contributed by atoms with Gasteiger partial charge in [0.2, 0.25) is 0 Å². The van der Waals surface area contributed by atoms with Crippen molar-refractivity contribution in [3.63, 3.8) is 0 Å². The fraction of sp³-hybridized carbons (Fsp3) is 0.250. The highest BCUT2D eigenvalue weighted by atomic mass is 79.9. The van der Waals surface area contributed by atoms with Crippen molar-refractivity contribution in [3.05, 3.63) is 28.4 Å². The second-order valence-corrected chi connectivity index (χ2v) is 5.29. The molecule has 19 heavy (non-hydrogen) atoms. The van der Waals surface area contributed by atoms with Gasteiger partial charge in [-0.25, -0.2) is 4.79 Å². The summed E-state index contributed by atoms with van der Waals surface area (Å²) in [6.45, 7) is 2.06. The highest BCUT2D eigenvalue weighted by Gasteiger charge is 2.19. The van der Waals surface area contributed by atoms with Crippen LogP contribution in [0.3, 0.4) is 0 Å². The fourth-order valence-corrected chi connectivity index (χ4v) is 2.91. The maximum atomic E-state index is 11.7. The van der Waals surface area contributed by atoms with Crippen LogP contribution in [0.15, 0.2) is 27.6 Å². The number of thioether (sulfide) groups is 1. The van der Waals surface area contributed by atoms with Gasteiger partial charge in [0.1, 0.15) is 5.69 Å². The number of nitrogens with zero attached hydrogens (tertiary/aromatic N) is 2. The molecule has 0 aliphatic rings. The van der Waals surface area contributed by atoms with E-state index >= 15 is 0 Å². The number of rotatable bonds is 4. The molecule has 0 bridgehead atoms. The first-order valence-electron chi connectivity index (χ1n) is 5.59. The molecule has 0 atom stereocenters. The number of benzene rings is 1. The number of ether oxygens (including phenoxy) is 1. The number of carbonyl (C=O) groups is 1. The van der Waals surface area contributed by atoms with Gasteiger partial charge < -0.3 is 4.74 Å². The predicted octanol–water partition coefficient (Wildman–Crippen LogP) is 3.13. The fourth-order valence-electron chi connectivity index (χ4n) is 1.59. The SMILES string of the molecule is CCOC(=O)c1n[nH]nc1-c1ccc(SC)c(Br)c1. The van der Waals surface area contributed by atoms with Crippen molar-refractivity contribution in [2.45, 2.75) is 11.8 Å². The van der Waals surface area contributed by atoms with Crippen LogP contribution in [0.4, 0.5) is 0 Å². The van der Waals surface area contributed by atoms with E-state index in [1.807, 2.05) is 24.5 Å². The molecule has 2 rings (SSSR count). The van der Waals surface area contributed by atoms with Crippen molar-refractivity contribution < 1.29 is 9.53 Å². The van der Waals surface area contributed by atoms with Gasteiger partial charge in [-0.3, -0.25) is 0 Å². The monoisotopic (exact) mass is 341 g/mol. The number of hydrogen-bond donors (Lipinski definition) is 1. The molecular formula is C12H12BrN3O2S. The van der Waals surface area contributed by atoms with Crippen LogP contribution in [0.5, 0.6) is 0 Å². The van der Waals surface area contributed by atoms with Gasteiger partial charge in [-0.2, -0.15) is 10.3 Å². The Morgan fingerprint density at radius 3 is 2.89 bits per heavy atom. The van der Waals surface area contributed by atoms with E-state index in [4.69, 9.17) is 4.74 Å². The summed E-state index contributed by atoms with van der Waals surface area (Å²) in [7, 11) is 0. The van der Waals surface area contributed by atoms with Gasteiger partial charge in [0.25, 0.3) is 0 Å². The van der Waals surface area contributed by atoms with Crippen LogP contribution in [-0.2, 0) is 4.74 Å². The average Bonchev–Trinajstić information content (AvgIpc) is 2.88. The zero-order valence-corrected chi connectivity index (χ0v) is 12.8. The number of nitrogens with one attached hydrogen (secondary N) is 1. The zero-order chi connectivity index (χ0) is 13.8. The van der Waals surface area contributed by atoms with Gasteiger partial charge in [0, 0.05) is 14.9 Å². The van der Waals surface area contributed by atoms with E-state index in [0.29, 0.717) is 12.3 Å². The number of carbonyl (C=O) groups excluding carboxylic acids is 1. The van der Waals surface area contributed by atoms with Crippen molar-refractivity contribution in [2.24, 2.45) is 0 Å². The molecular weight excluding hydrogens is 330 g/mol. The van der Waals surface area contributed by atoms with Crippen molar-refractivity contribution >= 4 is 33.7 Å². The minimum absolute atomic E-state index is 0.200. The Bertz CT molecular complexity index is 600. The molecule has 1 heterocycles. The Hall–Kier alpha value is -1.34. The smallest absolute Gasteiger partial charge is 0.361 e. The molecule has 1 N–H and O–H groups in total. The zero-order valence-electron chi connectivity index (χ0n) is 10.4. The maximum Gasteiger partial charge on any atom is 0.361 e.